The zero-order valence-corrected chi connectivity index (χ0v) is 20.2. The number of anilines is 1. The maximum atomic E-state index is 16.1. The zero-order chi connectivity index (χ0) is 27.9. The summed E-state index contributed by atoms with van der Waals surface area (Å²) in [6, 6.07) is 5.14. The van der Waals surface area contributed by atoms with Crippen molar-refractivity contribution >= 4 is 17.7 Å². The van der Waals surface area contributed by atoms with Crippen molar-refractivity contribution in [1.29, 1.82) is 0 Å². The van der Waals surface area contributed by atoms with E-state index in [9.17, 15) is 35.9 Å². The van der Waals surface area contributed by atoms with Crippen molar-refractivity contribution in [3.8, 4) is 0 Å². The highest BCUT2D eigenvalue weighted by Gasteiger charge is 2.49. The predicted octanol–water partition coefficient (Wildman–Crippen LogP) is 6.86. The summed E-state index contributed by atoms with van der Waals surface area (Å²) in [6.45, 7) is 4.46. The van der Waals surface area contributed by atoms with Crippen molar-refractivity contribution in [2.45, 2.75) is 63.3 Å². The molecule has 0 saturated carbocycles. The number of halogens is 7. The van der Waals surface area contributed by atoms with E-state index in [1.54, 1.807) is 13.8 Å². The van der Waals surface area contributed by atoms with Gasteiger partial charge in [0.2, 0.25) is 0 Å². The van der Waals surface area contributed by atoms with Crippen LogP contribution in [0.4, 0.5) is 41.2 Å². The lowest BCUT2D eigenvalue weighted by Gasteiger charge is -2.43. The smallest absolute Gasteiger partial charge is 0.416 e. The molecule has 0 spiro atoms. The number of methoxy groups -OCH3 is 1. The summed E-state index contributed by atoms with van der Waals surface area (Å²) in [5.41, 5.74) is -3.89. The van der Waals surface area contributed by atoms with Crippen LogP contribution in [0.5, 0.6) is 0 Å². The van der Waals surface area contributed by atoms with Crippen LogP contribution in [-0.4, -0.2) is 37.5 Å². The zero-order valence-electron chi connectivity index (χ0n) is 20.2. The lowest BCUT2D eigenvalue weighted by Crippen LogP contribution is -2.52. The number of para-hydroxylation sites is 1. The van der Waals surface area contributed by atoms with Crippen LogP contribution < -0.4 is 4.90 Å². The van der Waals surface area contributed by atoms with Gasteiger partial charge in [-0.05, 0) is 56.2 Å². The van der Waals surface area contributed by atoms with Gasteiger partial charge in [0.25, 0.3) is 0 Å². The molecule has 5 nitrogen and oxygen atoms in total. The summed E-state index contributed by atoms with van der Waals surface area (Å²) in [6.07, 6.45) is -13.9. The van der Waals surface area contributed by atoms with Gasteiger partial charge in [0.1, 0.15) is 6.17 Å². The highest BCUT2D eigenvalue weighted by atomic mass is 19.4. The largest absolute Gasteiger partial charge is 0.469 e. The molecule has 2 aromatic carbocycles. The van der Waals surface area contributed by atoms with Crippen molar-refractivity contribution < 1.29 is 49.8 Å². The van der Waals surface area contributed by atoms with Crippen molar-refractivity contribution in [2.24, 2.45) is 0 Å². The van der Waals surface area contributed by atoms with E-state index in [0.29, 0.717) is 12.1 Å². The molecule has 1 aliphatic heterocycles. The summed E-state index contributed by atoms with van der Waals surface area (Å²) >= 11 is 0. The fourth-order valence-electron chi connectivity index (χ4n) is 4.48. The van der Waals surface area contributed by atoms with Crippen LogP contribution in [-0.2, 0) is 26.6 Å². The lowest BCUT2D eigenvalue weighted by molar-refractivity contribution is -0.146. The average molecular weight is 535 g/mol. The van der Waals surface area contributed by atoms with E-state index in [-0.39, 0.29) is 17.3 Å². The number of amides is 1. The van der Waals surface area contributed by atoms with Crippen LogP contribution in [0.25, 0.3) is 0 Å². The molecular weight excluding hydrogens is 511 g/mol. The van der Waals surface area contributed by atoms with Gasteiger partial charge in [-0.25, -0.2) is 9.18 Å². The summed E-state index contributed by atoms with van der Waals surface area (Å²) in [5.74, 6) is -4.71. The number of ether oxygens (including phenoxy) is 2. The Morgan fingerprint density at radius 1 is 0.946 bits per heavy atom. The number of esters is 1. The molecule has 12 heteroatoms. The van der Waals surface area contributed by atoms with E-state index in [4.69, 9.17) is 9.47 Å². The second-order valence-electron chi connectivity index (χ2n) is 8.91. The van der Waals surface area contributed by atoms with Gasteiger partial charge < -0.3 is 9.47 Å². The predicted molar refractivity (Wildman–Crippen MR) is 119 cm³/mol. The van der Waals surface area contributed by atoms with Gasteiger partial charge in [-0.2, -0.15) is 26.3 Å². The number of nitrogens with zero attached hydrogens (tertiary/aromatic N) is 1. The normalized spacial score (nSPS) is 20.9. The van der Waals surface area contributed by atoms with Crippen LogP contribution in [0.2, 0.25) is 0 Å². The molecule has 3 rings (SSSR count). The Bertz CT molecular complexity index is 1130. The van der Waals surface area contributed by atoms with Gasteiger partial charge >= 0.3 is 24.4 Å². The topological polar surface area (TPSA) is 55.8 Å². The minimum absolute atomic E-state index is 0.0233. The number of carbonyl (C=O) groups is 2. The molecule has 0 bridgehead atoms. The fraction of sp³-hybridized carbons (Fsp3) is 0.440. The SMILES string of the molecule is COC(=O)C(c1cc(C(F)(F)F)cc(C(F)(F)F)c1)[C@@H]1c2ccccc2N(C(=O)OC(C)C)[C@@H](C)[C@H]1F. The molecule has 0 radical (unpaired) electrons. The van der Waals surface area contributed by atoms with Crippen molar-refractivity contribution in [3.05, 3.63) is 64.7 Å². The minimum atomic E-state index is -5.18. The van der Waals surface area contributed by atoms with Crippen LogP contribution >= 0.6 is 0 Å². The summed E-state index contributed by atoms with van der Waals surface area (Å²) in [7, 11) is 0.894. The molecule has 1 heterocycles. The quantitative estimate of drug-likeness (QED) is 0.317. The second kappa shape index (κ2) is 10.2. The molecule has 202 valence electrons. The molecule has 37 heavy (non-hydrogen) atoms. The Labute approximate surface area is 208 Å². The van der Waals surface area contributed by atoms with Gasteiger partial charge in [0.05, 0.1) is 42.0 Å². The number of rotatable bonds is 4. The summed E-state index contributed by atoms with van der Waals surface area (Å²) in [5, 5.41) is 0. The first-order valence-electron chi connectivity index (χ1n) is 11.2. The first-order valence-corrected chi connectivity index (χ1v) is 11.2. The Morgan fingerprint density at radius 3 is 1.97 bits per heavy atom. The maximum Gasteiger partial charge on any atom is 0.416 e. The molecule has 1 aliphatic rings. The van der Waals surface area contributed by atoms with Gasteiger partial charge in [0.15, 0.2) is 0 Å². The van der Waals surface area contributed by atoms with E-state index < -0.39 is 71.3 Å². The number of hydrogen-bond donors (Lipinski definition) is 0. The first-order chi connectivity index (χ1) is 17.1. The van der Waals surface area contributed by atoms with Gasteiger partial charge in [-0.3, -0.25) is 9.69 Å². The maximum absolute atomic E-state index is 16.1. The van der Waals surface area contributed by atoms with Crippen molar-refractivity contribution in [3.63, 3.8) is 0 Å². The third-order valence-corrected chi connectivity index (χ3v) is 6.08. The van der Waals surface area contributed by atoms with Crippen molar-refractivity contribution in [2.75, 3.05) is 12.0 Å². The highest BCUT2D eigenvalue weighted by Crippen LogP contribution is 2.49. The molecular formula is C25H24F7NO4. The lowest BCUT2D eigenvalue weighted by atomic mass is 9.73. The molecule has 1 unspecified atom stereocenters. The molecule has 0 saturated heterocycles. The Morgan fingerprint density at radius 2 is 1.49 bits per heavy atom. The molecule has 0 N–H and O–H groups in total. The van der Waals surface area contributed by atoms with Crippen LogP contribution in [0.1, 0.15) is 54.9 Å². The average Bonchev–Trinajstić information content (AvgIpc) is 2.79. The molecule has 0 aromatic heterocycles. The van der Waals surface area contributed by atoms with Crippen molar-refractivity contribution in [1.82, 2.24) is 0 Å². The summed E-state index contributed by atoms with van der Waals surface area (Å²) < 4.78 is 107. The van der Waals surface area contributed by atoms with E-state index >= 15 is 4.39 Å². The third-order valence-electron chi connectivity index (χ3n) is 6.08. The molecule has 0 fully saturated rings. The minimum Gasteiger partial charge on any atom is -0.469 e. The molecule has 0 aliphatic carbocycles. The number of benzene rings is 2. The number of alkyl halides is 7. The molecule has 1 amide bonds. The molecule has 4 atom stereocenters. The van der Waals surface area contributed by atoms with E-state index in [0.717, 1.165) is 12.0 Å². The van der Waals surface area contributed by atoms with Crippen LogP contribution in [0.15, 0.2) is 42.5 Å². The summed E-state index contributed by atoms with van der Waals surface area (Å²) in [4.78, 5) is 26.7. The second-order valence-corrected chi connectivity index (χ2v) is 8.91. The van der Waals surface area contributed by atoms with Crippen LogP contribution in [0.3, 0.4) is 0 Å². The number of hydrogen-bond acceptors (Lipinski definition) is 4. The monoisotopic (exact) mass is 535 g/mol. The highest BCUT2D eigenvalue weighted by molar-refractivity contribution is 5.91. The Kier molecular flexibility index (Phi) is 7.80. The van der Waals surface area contributed by atoms with E-state index in [1.165, 1.54) is 31.2 Å². The van der Waals surface area contributed by atoms with Gasteiger partial charge in [0, 0.05) is 5.92 Å². The third kappa shape index (κ3) is 5.67. The van der Waals surface area contributed by atoms with Gasteiger partial charge in [-0.15, -0.1) is 0 Å². The Hall–Kier alpha value is -3.31. The van der Waals surface area contributed by atoms with Crippen LogP contribution in [0, 0.1) is 0 Å². The standard InChI is InChI=1S/C25H24F7NO4/c1-12(2)37-23(35)33-13(3)21(26)20(17-7-5-6-8-18(17)33)19(22(34)36-4)14-9-15(24(27,28)29)11-16(10-14)25(30,31)32/h5-13,19-21H,1-4H3/t13-,19?,20-,21+/m0/s1. The first kappa shape index (κ1) is 28.3. The fourth-order valence-corrected chi connectivity index (χ4v) is 4.48. The number of carbonyl (C=O) groups excluding carboxylic acids is 2. The van der Waals surface area contributed by atoms with E-state index in [1.807, 2.05) is 0 Å². The molecule has 2 aromatic rings. The Balaban J connectivity index is 2.27. The van der Waals surface area contributed by atoms with E-state index in [2.05, 4.69) is 0 Å². The number of fused-ring (bicyclic) bond motifs is 1. The van der Waals surface area contributed by atoms with Gasteiger partial charge in [-0.1, -0.05) is 18.2 Å².